The molecule has 0 aliphatic carbocycles. The molecule has 0 saturated carbocycles. The summed E-state index contributed by atoms with van der Waals surface area (Å²) in [4.78, 5) is 4.80. The highest BCUT2D eigenvalue weighted by molar-refractivity contribution is 7.28. The fourth-order valence-corrected chi connectivity index (χ4v) is 3.50. The molecule has 3 nitrogen and oxygen atoms in total. The van der Waals surface area contributed by atoms with Gasteiger partial charge in [-0.2, -0.15) is 0 Å². The minimum atomic E-state index is -1.01. The van der Waals surface area contributed by atoms with E-state index in [1.165, 1.54) is 12.1 Å². The second-order valence-corrected chi connectivity index (χ2v) is 7.59. The van der Waals surface area contributed by atoms with Gasteiger partial charge in [0.25, 0.3) is 0 Å². The summed E-state index contributed by atoms with van der Waals surface area (Å²) < 4.78 is 13.3. The van der Waals surface area contributed by atoms with E-state index in [0.29, 0.717) is 12.5 Å². The summed E-state index contributed by atoms with van der Waals surface area (Å²) in [5.74, 6) is 0.134. The third kappa shape index (κ3) is 4.00. The molecule has 2 rings (SSSR count). The third-order valence-electron chi connectivity index (χ3n) is 4.29. The fourth-order valence-electron chi connectivity index (χ4n) is 2.83. The molecule has 0 amide bonds. The predicted molar refractivity (Wildman–Crippen MR) is 101 cm³/mol. The molecule has 0 fully saturated rings. The summed E-state index contributed by atoms with van der Waals surface area (Å²) in [7, 11) is 2.66. The van der Waals surface area contributed by atoms with Crippen molar-refractivity contribution in [2.75, 3.05) is 6.54 Å². The summed E-state index contributed by atoms with van der Waals surface area (Å²) in [5.41, 5.74) is 8.13. The van der Waals surface area contributed by atoms with E-state index in [1.807, 2.05) is 6.07 Å². The van der Waals surface area contributed by atoms with Crippen LogP contribution in [-0.2, 0) is 5.60 Å². The number of aliphatic hydroxyl groups is 1. The zero-order chi connectivity index (χ0) is 18.1. The van der Waals surface area contributed by atoms with Gasteiger partial charge >= 0.3 is 0 Å². The van der Waals surface area contributed by atoms with Gasteiger partial charge in [0.05, 0.1) is 11.3 Å². The number of pyridine rings is 1. The van der Waals surface area contributed by atoms with Crippen LogP contribution in [0.25, 0.3) is 11.3 Å². The molecule has 0 aliphatic rings. The van der Waals surface area contributed by atoms with Gasteiger partial charge in [-0.3, -0.25) is 4.98 Å². The molecule has 1 aromatic heterocycles. The van der Waals surface area contributed by atoms with Gasteiger partial charge in [-0.1, -0.05) is 13.8 Å². The van der Waals surface area contributed by atoms with E-state index in [1.54, 1.807) is 26.0 Å². The number of benzene rings is 1. The minimum Gasteiger partial charge on any atom is -0.386 e. The van der Waals surface area contributed by atoms with Crippen LogP contribution in [0.1, 0.15) is 44.9 Å². The van der Waals surface area contributed by atoms with E-state index in [2.05, 4.69) is 23.1 Å². The van der Waals surface area contributed by atoms with Gasteiger partial charge < -0.3 is 10.8 Å². The summed E-state index contributed by atoms with van der Waals surface area (Å²) in [6, 6.07) is 8.18. The van der Waals surface area contributed by atoms with Crippen molar-refractivity contribution in [1.82, 2.24) is 4.98 Å². The van der Waals surface area contributed by atoms with Crippen molar-refractivity contribution in [3.63, 3.8) is 0 Å². The standard InChI is InChI=1S/C19H26FN2OP/c1-11(2)14(10-21)16-9-15(19(3,4)23)18(24)17(22-16)12-5-7-13(20)8-6-12/h5-9,11,14,23H,10,21,24H2,1-4H3. The molecule has 2 aromatic rings. The lowest BCUT2D eigenvalue weighted by Crippen LogP contribution is -2.27. The Morgan fingerprint density at radius 2 is 1.83 bits per heavy atom. The first-order chi connectivity index (χ1) is 11.1. The van der Waals surface area contributed by atoms with Crippen molar-refractivity contribution in [1.29, 1.82) is 0 Å². The highest BCUT2D eigenvalue weighted by Crippen LogP contribution is 2.30. The number of rotatable bonds is 5. The molecule has 0 radical (unpaired) electrons. The van der Waals surface area contributed by atoms with Crippen molar-refractivity contribution in [2.45, 2.75) is 39.2 Å². The molecule has 0 saturated heterocycles. The van der Waals surface area contributed by atoms with E-state index in [9.17, 15) is 9.50 Å². The molecule has 0 aliphatic heterocycles. The van der Waals surface area contributed by atoms with Crippen LogP contribution in [0, 0.1) is 11.7 Å². The zero-order valence-corrected chi connectivity index (χ0v) is 15.8. The minimum absolute atomic E-state index is 0.0934. The Morgan fingerprint density at radius 1 is 1.25 bits per heavy atom. The Bertz CT molecular complexity index is 709. The molecule has 1 aromatic carbocycles. The second-order valence-electron chi connectivity index (χ2n) is 7.01. The van der Waals surface area contributed by atoms with Gasteiger partial charge in [0.2, 0.25) is 0 Å². The van der Waals surface area contributed by atoms with Crippen molar-refractivity contribution in [3.05, 3.63) is 47.4 Å². The van der Waals surface area contributed by atoms with Gasteiger partial charge in [-0.15, -0.1) is 9.24 Å². The largest absolute Gasteiger partial charge is 0.386 e. The lowest BCUT2D eigenvalue weighted by molar-refractivity contribution is 0.0795. The highest BCUT2D eigenvalue weighted by atomic mass is 31.0. The summed E-state index contributed by atoms with van der Waals surface area (Å²) >= 11 is 0. The molecule has 1 heterocycles. The fraction of sp³-hybridized carbons (Fsp3) is 0.421. The van der Waals surface area contributed by atoms with Crippen molar-refractivity contribution >= 4 is 14.5 Å². The lowest BCUT2D eigenvalue weighted by Gasteiger charge is -2.26. The molecule has 2 atom stereocenters. The molecular weight excluding hydrogens is 322 g/mol. The van der Waals surface area contributed by atoms with Gasteiger partial charge in [0.15, 0.2) is 0 Å². The van der Waals surface area contributed by atoms with Crippen LogP contribution >= 0.6 is 9.24 Å². The Balaban J connectivity index is 2.71. The summed E-state index contributed by atoms with van der Waals surface area (Å²) in [6.45, 7) is 8.20. The molecule has 2 unspecified atom stereocenters. The van der Waals surface area contributed by atoms with E-state index in [-0.39, 0.29) is 11.7 Å². The van der Waals surface area contributed by atoms with Crippen LogP contribution in [0.4, 0.5) is 4.39 Å². The number of nitrogens with two attached hydrogens (primary N) is 1. The number of halogens is 1. The smallest absolute Gasteiger partial charge is 0.123 e. The lowest BCUT2D eigenvalue weighted by atomic mass is 9.88. The average Bonchev–Trinajstić information content (AvgIpc) is 2.48. The maximum atomic E-state index is 13.3. The van der Waals surface area contributed by atoms with Crippen LogP contribution in [0.2, 0.25) is 0 Å². The predicted octanol–water partition coefficient (Wildman–Crippen LogP) is 3.31. The Hall–Kier alpha value is -1.35. The topological polar surface area (TPSA) is 59.1 Å². The van der Waals surface area contributed by atoms with Gasteiger partial charge in [-0.05, 0) is 55.7 Å². The number of aromatic nitrogens is 1. The van der Waals surface area contributed by atoms with Crippen LogP contribution in [0.15, 0.2) is 30.3 Å². The normalized spacial score (nSPS) is 13.4. The first-order valence-corrected chi connectivity index (χ1v) is 8.72. The van der Waals surface area contributed by atoms with E-state index >= 15 is 0 Å². The molecule has 3 N–H and O–H groups in total. The monoisotopic (exact) mass is 348 g/mol. The molecule has 5 heteroatoms. The quantitative estimate of drug-likeness (QED) is 0.815. The number of nitrogens with zero attached hydrogens (tertiary/aromatic N) is 1. The molecular formula is C19H26FN2OP. The molecule has 0 bridgehead atoms. The van der Waals surface area contributed by atoms with Gasteiger partial charge in [0.1, 0.15) is 5.82 Å². The molecule has 130 valence electrons. The van der Waals surface area contributed by atoms with Crippen molar-refractivity contribution in [2.24, 2.45) is 11.7 Å². The number of hydrogen-bond acceptors (Lipinski definition) is 3. The first kappa shape index (κ1) is 19.0. The maximum absolute atomic E-state index is 13.3. The van der Waals surface area contributed by atoms with E-state index in [4.69, 9.17) is 10.7 Å². The average molecular weight is 348 g/mol. The van der Waals surface area contributed by atoms with Crippen LogP contribution in [0.5, 0.6) is 0 Å². The van der Waals surface area contributed by atoms with Crippen LogP contribution < -0.4 is 11.0 Å². The summed E-state index contributed by atoms with van der Waals surface area (Å²) in [6.07, 6.45) is 0. The Morgan fingerprint density at radius 3 is 2.29 bits per heavy atom. The maximum Gasteiger partial charge on any atom is 0.123 e. The highest BCUT2D eigenvalue weighted by Gasteiger charge is 2.25. The van der Waals surface area contributed by atoms with E-state index in [0.717, 1.165) is 27.8 Å². The second kappa shape index (κ2) is 7.26. The van der Waals surface area contributed by atoms with Gasteiger partial charge in [0, 0.05) is 29.0 Å². The van der Waals surface area contributed by atoms with Crippen molar-refractivity contribution < 1.29 is 9.50 Å². The Labute approximate surface area is 145 Å². The molecule has 0 spiro atoms. The summed E-state index contributed by atoms with van der Waals surface area (Å²) in [5, 5.41) is 11.4. The number of hydrogen-bond donors (Lipinski definition) is 2. The Kier molecular flexibility index (Phi) is 5.74. The van der Waals surface area contributed by atoms with Crippen LogP contribution in [0.3, 0.4) is 0 Å². The first-order valence-electron chi connectivity index (χ1n) is 8.14. The van der Waals surface area contributed by atoms with E-state index < -0.39 is 5.60 Å². The van der Waals surface area contributed by atoms with Crippen molar-refractivity contribution in [3.8, 4) is 11.3 Å². The molecule has 24 heavy (non-hydrogen) atoms. The van der Waals surface area contributed by atoms with Crippen LogP contribution in [-0.4, -0.2) is 16.6 Å². The SMILES string of the molecule is CC(C)C(CN)c1cc(C(C)(C)O)c(P)c(-c2ccc(F)cc2)n1. The van der Waals surface area contributed by atoms with Gasteiger partial charge in [-0.25, -0.2) is 4.39 Å². The zero-order valence-electron chi connectivity index (χ0n) is 14.7. The third-order valence-corrected chi connectivity index (χ3v) is 4.88.